The van der Waals surface area contributed by atoms with Crippen molar-refractivity contribution in [3.8, 4) is 0 Å². The number of hydrogen-bond acceptors (Lipinski definition) is 3. The van der Waals surface area contributed by atoms with Crippen molar-refractivity contribution >= 4 is 41.0 Å². The number of aryl methyl sites for hydroxylation is 2. The zero-order valence-corrected chi connectivity index (χ0v) is 18.5. The van der Waals surface area contributed by atoms with Gasteiger partial charge in [0.15, 0.2) is 0 Å². The molecule has 2 aliphatic rings. The Morgan fingerprint density at radius 2 is 1.72 bits per heavy atom. The fourth-order valence-electron chi connectivity index (χ4n) is 3.87. The Morgan fingerprint density at radius 3 is 2.41 bits per heavy atom. The smallest absolute Gasteiger partial charge is 0.306 e. The molecule has 6 heteroatoms. The largest absolute Gasteiger partial charge is 0.332 e. The molecule has 0 spiro atoms. The van der Waals surface area contributed by atoms with Crippen LogP contribution in [0.5, 0.6) is 0 Å². The summed E-state index contributed by atoms with van der Waals surface area (Å²) in [5, 5.41) is 0.380. The molecular weight excluding hydrogens is 404 g/mol. The lowest BCUT2D eigenvalue weighted by molar-refractivity contribution is -0.122. The number of rotatable bonds is 3. The average Bonchev–Trinajstić information content (AvgIpc) is 2.98. The summed E-state index contributed by atoms with van der Waals surface area (Å²) in [4.78, 5) is 31.2. The molecule has 2 aliphatic heterocycles. The number of nitrogens with zero attached hydrogens (tertiary/aromatic N) is 2. The van der Waals surface area contributed by atoms with Crippen LogP contribution in [0.1, 0.15) is 30.5 Å². The molecule has 3 amide bonds. The Labute approximate surface area is 180 Å². The fourth-order valence-corrected chi connectivity index (χ4v) is 5.49. The van der Waals surface area contributed by atoms with Crippen molar-refractivity contribution in [2.45, 2.75) is 39.6 Å². The predicted octanol–water partition coefficient (Wildman–Crippen LogP) is 5.91. The van der Waals surface area contributed by atoms with Crippen LogP contribution in [0, 0.1) is 19.8 Å². The van der Waals surface area contributed by atoms with Gasteiger partial charge < -0.3 is 4.90 Å². The van der Waals surface area contributed by atoms with Crippen LogP contribution in [0.4, 0.5) is 10.5 Å². The van der Waals surface area contributed by atoms with E-state index in [0.717, 1.165) is 27.2 Å². The third-order valence-corrected chi connectivity index (χ3v) is 7.69. The summed E-state index contributed by atoms with van der Waals surface area (Å²) in [6, 6.07) is 12.9. The van der Waals surface area contributed by atoms with Crippen LogP contribution in [0.2, 0.25) is 5.02 Å². The summed E-state index contributed by atoms with van der Waals surface area (Å²) in [7, 11) is 0. The van der Waals surface area contributed by atoms with Crippen LogP contribution in [-0.4, -0.2) is 22.2 Å². The molecule has 4 rings (SSSR count). The highest BCUT2D eigenvalue weighted by Gasteiger charge is 2.51. The van der Waals surface area contributed by atoms with Gasteiger partial charge in [0, 0.05) is 5.02 Å². The number of amides is 3. The monoisotopic (exact) mass is 426 g/mol. The van der Waals surface area contributed by atoms with E-state index in [1.807, 2.05) is 70.2 Å². The number of urea groups is 1. The maximum atomic E-state index is 13.6. The van der Waals surface area contributed by atoms with Crippen molar-refractivity contribution in [3.05, 3.63) is 74.7 Å². The summed E-state index contributed by atoms with van der Waals surface area (Å²) in [5.74, 6) is -0.498. The number of allylic oxidation sites excluding steroid dienone is 1. The number of fused-ring (bicyclic) bond motifs is 1. The number of carbonyl (C=O) groups excluding carboxylic acids is 2. The third kappa shape index (κ3) is 3.36. The first kappa shape index (κ1) is 20.0. The molecule has 2 heterocycles. The van der Waals surface area contributed by atoms with Gasteiger partial charge >= 0.3 is 6.03 Å². The van der Waals surface area contributed by atoms with Crippen molar-refractivity contribution in [3.63, 3.8) is 0 Å². The topological polar surface area (TPSA) is 40.6 Å². The molecule has 0 saturated carbocycles. The predicted molar refractivity (Wildman–Crippen MR) is 119 cm³/mol. The van der Waals surface area contributed by atoms with Gasteiger partial charge in [0.25, 0.3) is 0 Å². The van der Waals surface area contributed by atoms with E-state index in [0.29, 0.717) is 17.3 Å². The zero-order valence-electron chi connectivity index (χ0n) is 16.9. The van der Waals surface area contributed by atoms with Crippen molar-refractivity contribution in [1.29, 1.82) is 0 Å². The first-order valence-corrected chi connectivity index (χ1v) is 10.8. The summed E-state index contributed by atoms with van der Waals surface area (Å²) < 4.78 is 0. The SMILES string of the molecule is CC1=C(C)C2C(=O)N(c3ccc(C)c(C)c3)C(=O)N(Cc3ccccc3Cl)C2S1. The Hall–Kier alpha value is -2.24. The van der Waals surface area contributed by atoms with E-state index < -0.39 is 0 Å². The molecule has 0 aromatic heterocycles. The number of hydrogen-bond donors (Lipinski definition) is 0. The summed E-state index contributed by atoms with van der Waals surface area (Å²) in [6.07, 6.45) is 0. The van der Waals surface area contributed by atoms with Gasteiger partial charge in [0.1, 0.15) is 0 Å². The molecule has 4 nitrogen and oxygen atoms in total. The highest BCUT2D eigenvalue weighted by molar-refractivity contribution is 8.03. The van der Waals surface area contributed by atoms with E-state index in [2.05, 4.69) is 0 Å². The lowest BCUT2D eigenvalue weighted by Crippen LogP contribution is -2.60. The maximum Gasteiger partial charge on any atom is 0.332 e. The standard InChI is InChI=1S/C23H23ClN2O2S/c1-13-9-10-18(11-14(13)2)26-21(27)20-15(3)16(4)29-22(20)25(23(26)28)12-17-7-5-6-8-19(17)24/h5-11,20,22H,12H2,1-4H3. The van der Waals surface area contributed by atoms with Crippen molar-refractivity contribution < 1.29 is 9.59 Å². The van der Waals surface area contributed by atoms with Crippen molar-refractivity contribution in [2.24, 2.45) is 5.92 Å². The summed E-state index contributed by atoms with van der Waals surface area (Å²) in [5.41, 5.74) is 4.70. The Kier molecular flexibility index (Phi) is 5.21. The van der Waals surface area contributed by atoms with E-state index >= 15 is 0 Å². The van der Waals surface area contributed by atoms with Crippen molar-refractivity contribution in [2.75, 3.05) is 4.90 Å². The average molecular weight is 427 g/mol. The van der Waals surface area contributed by atoms with Crippen LogP contribution in [0.15, 0.2) is 52.9 Å². The van der Waals surface area contributed by atoms with E-state index in [1.54, 1.807) is 16.7 Å². The number of imide groups is 1. The van der Waals surface area contributed by atoms with Crippen LogP contribution >= 0.6 is 23.4 Å². The molecule has 1 saturated heterocycles. The van der Waals surface area contributed by atoms with Gasteiger partial charge in [0.05, 0.1) is 23.5 Å². The maximum absolute atomic E-state index is 13.6. The molecule has 1 fully saturated rings. The second kappa shape index (κ2) is 7.54. The van der Waals surface area contributed by atoms with Gasteiger partial charge in [-0.15, -0.1) is 11.8 Å². The lowest BCUT2D eigenvalue weighted by atomic mass is 9.95. The van der Waals surface area contributed by atoms with Gasteiger partial charge in [-0.05, 0) is 73.1 Å². The minimum Gasteiger partial charge on any atom is -0.306 e. The van der Waals surface area contributed by atoms with Gasteiger partial charge in [-0.1, -0.05) is 35.9 Å². The Balaban J connectivity index is 1.78. The Morgan fingerprint density at radius 1 is 1.00 bits per heavy atom. The molecule has 29 heavy (non-hydrogen) atoms. The first-order chi connectivity index (χ1) is 13.8. The van der Waals surface area contributed by atoms with Gasteiger partial charge in [-0.2, -0.15) is 0 Å². The molecule has 0 radical (unpaired) electrons. The lowest BCUT2D eigenvalue weighted by Gasteiger charge is -2.42. The molecule has 2 atom stereocenters. The molecule has 2 aromatic rings. The number of thioether (sulfide) groups is 1. The summed E-state index contributed by atoms with van der Waals surface area (Å²) in [6.45, 7) is 8.38. The minimum absolute atomic E-state index is 0.152. The zero-order chi connectivity index (χ0) is 20.9. The van der Waals surface area contributed by atoms with Crippen LogP contribution in [0.3, 0.4) is 0 Å². The second-order valence-electron chi connectivity index (χ2n) is 7.67. The van der Waals surface area contributed by atoms with E-state index in [4.69, 9.17) is 11.6 Å². The van der Waals surface area contributed by atoms with Crippen LogP contribution in [0.25, 0.3) is 0 Å². The van der Waals surface area contributed by atoms with Gasteiger partial charge in [-0.25, -0.2) is 9.69 Å². The molecule has 0 bridgehead atoms. The van der Waals surface area contributed by atoms with Crippen LogP contribution < -0.4 is 4.90 Å². The summed E-state index contributed by atoms with van der Waals surface area (Å²) >= 11 is 7.97. The Bertz CT molecular complexity index is 1050. The molecule has 0 N–H and O–H groups in total. The molecule has 150 valence electrons. The van der Waals surface area contributed by atoms with Gasteiger partial charge in [-0.3, -0.25) is 4.79 Å². The molecule has 0 aliphatic carbocycles. The fraction of sp³-hybridized carbons (Fsp3) is 0.304. The molecule has 2 unspecified atom stereocenters. The van der Waals surface area contributed by atoms with E-state index in [1.165, 1.54) is 4.90 Å². The highest BCUT2D eigenvalue weighted by atomic mass is 35.5. The number of anilines is 1. The third-order valence-electron chi connectivity index (χ3n) is 5.88. The minimum atomic E-state index is -0.346. The quantitative estimate of drug-likeness (QED) is 0.612. The van der Waals surface area contributed by atoms with E-state index in [9.17, 15) is 9.59 Å². The van der Waals surface area contributed by atoms with Crippen LogP contribution in [-0.2, 0) is 11.3 Å². The second-order valence-corrected chi connectivity index (χ2v) is 9.41. The molecular formula is C23H23ClN2O2S. The molecule has 2 aromatic carbocycles. The number of benzene rings is 2. The highest BCUT2D eigenvalue weighted by Crippen LogP contribution is 2.48. The number of carbonyl (C=O) groups is 2. The van der Waals surface area contributed by atoms with Crippen molar-refractivity contribution in [1.82, 2.24) is 4.90 Å². The normalized spacial score (nSPS) is 21.8. The first-order valence-electron chi connectivity index (χ1n) is 9.59. The van der Waals surface area contributed by atoms with E-state index in [-0.39, 0.29) is 23.2 Å². The number of halogens is 1. The van der Waals surface area contributed by atoms with Gasteiger partial charge in [0.2, 0.25) is 5.91 Å².